The number of likely N-dealkylation sites (tertiary alicyclic amines) is 1. The fourth-order valence-corrected chi connectivity index (χ4v) is 4.90. The first kappa shape index (κ1) is 10.9. The molecule has 0 aromatic rings. The molecule has 0 radical (unpaired) electrons. The van der Waals surface area contributed by atoms with Crippen molar-refractivity contribution in [3.8, 4) is 0 Å². The van der Waals surface area contributed by atoms with Gasteiger partial charge in [-0.25, -0.2) is 0 Å². The maximum atomic E-state index is 12.2. The van der Waals surface area contributed by atoms with Crippen molar-refractivity contribution in [3.05, 3.63) is 0 Å². The number of hydrogen-bond acceptors (Lipinski definition) is 2. The molecule has 1 saturated carbocycles. The Morgan fingerprint density at radius 3 is 2.69 bits per heavy atom. The van der Waals surface area contributed by atoms with Crippen LogP contribution in [-0.4, -0.2) is 34.4 Å². The molecule has 1 aliphatic carbocycles. The Hall–Kier alpha value is -0.180. The predicted octanol–water partition coefficient (Wildman–Crippen LogP) is 2.67. The molecular weight excluding hydrogens is 218 g/mol. The van der Waals surface area contributed by atoms with Crippen LogP contribution in [-0.2, 0) is 4.79 Å². The summed E-state index contributed by atoms with van der Waals surface area (Å²) in [5, 5.41) is 0.764. The minimum absolute atomic E-state index is 0.458. The van der Waals surface area contributed by atoms with Crippen LogP contribution in [0, 0.1) is 5.92 Å². The van der Waals surface area contributed by atoms with Crippen molar-refractivity contribution >= 4 is 17.7 Å². The van der Waals surface area contributed by atoms with Crippen molar-refractivity contribution in [1.82, 2.24) is 4.90 Å². The van der Waals surface area contributed by atoms with Crippen molar-refractivity contribution in [2.24, 2.45) is 5.92 Å². The van der Waals surface area contributed by atoms with E-state index in [1.54, 1.807) is 0 Å². The zero-order valence-electron chi connectivity index (χ0n) is 9.86. The Morgan fingerprint density at radius 1 is 1.25 bits per heavy atom. The van der Waals surface area contributed by atoms with Gasteiger partial charge in [0.05, 0.1) is 0 Å². The van der Waals surface area contributed by atoms with Crippen molar-refractivity contribution < 1.29 is 4.79 Å². The van der Waals surface area contributed by atoms with Crippen LogP contribution < -0.4 is 0 Å². The monoisotopic (exact) mass is 239 g/mol. The number of thioether (sulfide) groups is 1. The number of rotatable bonds is 2. The van der Waals surface area contributed by atoms with E-state index in [2.05, 4.69) is 16.7 Å². The highest BCUT2D eigenvalue weighted by Gasteiger charge is 2.41. The first-order chi connectivity index (χ1) is 7.83. The van der Waals surface area contributed by atoms with Gasteiger partial charge in [0.15, 0.2) is 0 Å². The van der Waals surface area contributed by atoms with E-state index in [9.17, 15) is 4.79 Å². The van der Waals surface area contributed by atoms with E-state index in [1.807, 2.05) is 0 Å². The highest BCUT2D eigenvalue weighted by Crippen LogP contribution is 2.38. The van der Waals surface area contributed by atoms with Crippen LogP contribution in [0.2, 0.25) is 0 Å². The average Bonchev–Trinajstić information content (AvgIpc) is 2.92. The molecule has 3 heteroatoms. The molecule has 0 N–H and O–H groups in total. The molecule has 0 unspecified atom stereocenters. The molecular formula is C13H21NOS. The van der Waals surface area contributed by atoms with Crippen LogP contribution >= 0.6 is 11.8 Å². The first-order valence-corrected chi connectivity index (χ1v) is 7.79. The maximum Gasteiger partial charge on any atom is 0.223 e. The lowest BCUT2D eigenvalue weighted by Gasteiger charge is -2.29. The molecule has 0 spiro atoms. The molecule has 16 heavy (non-hydrogen) atoms. The Morgan fingerprint density at radius 2 is 2.06 bits per heavy atom. The predicted molar refractivity (Wildman–Crippen MR) is 67.6 cm³/mol. The smallest absolute Gasteiger partial charge is 0.223 e. The van der Waals surface area contributed by atoms with Crippen LogP contribution in [0.5, 0.6) is 0 Å². The van der Waals surface area contributed by atoms with E-state index in [0.29, 0.717) is 17.9 Å². The number of amides is 1. The third-order valence-electron chi connectivity index (χ3n) is 4.41. The van der Waals surface area contributed by atoms with E-state index in [1.165, 1.54) is 44.3 Å². The Labute approximate surface area is 102 Å². The van der Waals surface area contributed by atoms with Gasteiger partial charge in [0.2, 0.25) is 5.91 Å². The number of carbonyl (C=O) groups excluding carboxylic acids is 1. The molecule has 2 saturated heterocycles. The van der Waals surface area contributed by atoms with Crippen LogP contribution in [0.3, 0.4) is 0 Å². The molecule has 2 atom stereocenters. The SMILES string of the molecule is O=C(CC1CCCCC1)N1C[C@H]2C[C@H]1CS2. The highest BCUT2D eigenvalue weighted by molar-refractivity contribution is 8.00. The van der Waals surface area contributed by atoms with Crippen LogP contribution in [0.15, 0.2) is 0 Å². The number of carbonyl (C=O) groups is 1. The Balaban J connectivity index is 1.53. The third kappa shape index (κ3) is 2.11. The van der Waals surface area contributed by atoms with Crippen molar-refractivity contribution in [1.29, 1.82) is 0 Å². The van der Waals surface area contributed by atoms with Gasteiger partial charge in [-0.2, -0.15) is 11.8 Å². The standard InChI is InChI=1S/C13H21NOS/c15-13(6-10-4-2-1-3-5-10)14-8-12-7-11(14)9-16-12/h10-12H,1-9H2/t11-,12+/m0/s1. The van der Waals surface area contributed by atoms with Crippen molar-refractivity contribution in [2.45, 2.75) is 56.2 Å². The van der Waals surface area contributed by atoms with Gasteiger partial charge in [-0.3, -0.25) is 4.79 Å². The van der Waals surface area contributed by atoms with Gasteiger partial charge in [0.1, 0.15) is 0 Å². The average molecular weight is 239 g/mol. The lowest BCUT2D eigenvalue weighted by Crippen LogP contribution is -2.40. The molecule has 0 aromatic heterocycles. The summed E-state index contributed by atoms with van der Waals surface area (Å²) in [5.74, 6) is 2.36. The van der Waals surface area contributed by atoms with Gasteiger partial charge < -0.3 is 4.90 Å². The second-order valence-corrected chi connectivity index (χ2v) is 6.93. The molecule has 2 bridgehead atoms. The quantitative estimate of drug-likeness (QED) is 0.738. The van der Waals surface area contributed by atoms with Crippen molar-refractivity contribution in [2.75, 3.05) is 12.3 Å². The van der Waals surface area contributed by atoms with E-state index < -0.39 is 0 Å². The van der Waals surface area contributed by atoms with Gasteiger partial charge >= 0.3 is 0 Å². The maximum absolute atomic E-state index is 12.2. The normalized spacial score (nSPS) is 34.6. The minimum atomic E-state index is 0.458. The molecule has 3 aliphatic rings. The number of hydrogen-bond donors (Lipinski definition) is 0. The zero-order chi connectivity index (χ0) is 11.0. The van der Waals surface area contributed by atoms with Crippen molar-refractivity contribution in [3.63, 3.8) is 0 Å². The Kier molecular flexibility index (Phi) is 3.14. The lowest BCUT2D eigenvalue weighted by atomic mass is 9.86. The van der Waals surface area contributed by atoms with E-state index in [0.717, 1.165) is 18.2 Å². The van der Waals surface area contributed by atoms with Gasteiger partial charge in [-0.15, -0.1) is 0 Å². The highest BCUT2D eigenvalue weighted by atomic mass is 32.2. The van der Waals surface area contributed by atoms with Crippen LogP contribution in [0.1, 0.15) is 44.9 Å². The summed E-state index contributed by atoms with van der Waals surface area (Å²) < 4.78 is 0. The molecule has 1 amide bonds. The minimum Gasteiger partial charge on any atom is -0.338 e. The molecule has 2 nitrogen and oxygen atoms in total. The number of nitrogens with zero attached hydrogens (tertiary/aromatic N) is 1. The topological polar surface area (TPSA) is 20.3 Å². The summed E-state index contributed by atoms with van der Waals surface area (Å²) >= 11 is 2.07. The summed E-state index contributed by atoms with van der Waals surface area (Å²) in [7, 11) is 0. The number of fused-ring (bicyclic) bond motifs is 2. The second kappa shape index (κ2) is 4.59. The van der Waals surface area contributed by atoms with Crippen LogP contribution in [0.4, 0.5) is 0 Å². The third-order valence-corrected chi connectivity index (χ3v) is 5.80. The van der Waals surface area contributed by atoms with E-state index in [-0.39, 0.29) is 0 Å². The summed E-state index contributed by atoms with van der Waals surface area (Å²) in [6, 6.07) is 0.589. The molecule has 0 aromatic carbocycles. The first-order valence-electron chi connectivity index (χ1n) is 6.74. The zero-order valence-corrected chi connectivity index (χ0v) is 10.7. The summed E-state index contributed by atoms with van der Waals surface area (Å²) in [5.41, 5.74) is 0. The largest absolute Gasteiger partial charge is 0.338 e. The second-order valence-electron chi connectivity index (χ2n) is 5.60. The van der Waals surface area contributed by atoms with Gasteiger partial charge in [0.25, 0.3) is 0 Å². The summed E-state index contributed by atoms with van der Waals surface area (Å²) in [6.07, 6.45) is 8.77. The molecule has 3 fully saturated rings. The van der Waals surface area contributed by atoms with Gasteiger partial charge in [-0.1, -0.05) is 19.3 Å². The fraction of sp³-hybridized carbons (Fsp3) is 0.923. The molecule has 2 heterocycles. The molecule has 3 rings (SSSR count). The van der Waals surface area contributed by atoms with Gasteiger partial charge in [-0.05, 0) is 25.2 Å². The molecule has 90 valence electrons. The fourth-order valence-electron chi connectivity index (χ4n) is 3.46. The summed E-state index contributed by atoms with van der Waals surface area (Å²) in [6.45, 7) is 1.04. The Bertz CT molecular complexity index is 275. The summed E-state index contributed by atoms with van der Waals surface area (Å²) in [4.78, 5) is 14.4. The lowest BCUT2D eigenvalue weighted by molar-refractivity contribution is -0.132. The van der Waals surface area contributed by atoms with Crippen LogP contribution in [0.25, 0.3) is 0 Å². The van der Waals surface area contributed by atoms with E-state index >= 15 is 0 Å². The molecule has 2 aliphatic heterocycles. The van der Waals surface area contributed by atoms with E-state index in [4.69, 9.17) is 0 Å². The van der Waals surface area contributed by atoms with Gasteiger partial charge in [0, 0.05) is 30.0 Å².